The number of carbonyl (C=O) groups is 2. The number of allylic oxidation sites excluding steroid dienone is 1. The molecule has 1 N–H and O–H groups in total. The Morgan fingerprint density at radius 2 is 2.00 bits per heavy atom. The maximum atomic E-state index is 15.0. The number of esters is 1. The predicted molar refractivity (Wildman–Crippen MR) is 131 cm³/mol. The van der Waals surface area contributed by atoms with E-state index in [1.807, 2.05) is 5.41 Å². The van der Waals surface area contributed by atoms with Crippen LogP contribution < -0.4 is 5.32 Å². The third kappa shape index (κ3) is 5.36. The van der Waals surface area contributed by atoms with Gasteiger partial charge in [0.15, 0.2) is 5.17 Å². The number of hydrogen-bond acceptors (Lipinski definition) is 7. The fourth-order valence-corrected chi connectivity index (χ4v) is 5.56. The van der Waals surface area contributed by atoms with Gasteiger partial charge in [-0.15, -0.1) is 0 Å². The number of rotatable bonds is 8. The topological polar surface area (TPSA) is 74.2 Å². The van der Waals surface area contributed by atoms with Crippen molar-refractivity contribution in [3.63, 3.8) is 0 Å². The van der Waals surface area contributed by atoms with E-state index in [1.54, 1.807) is 36.9 Å². The van der Waals surface area contributed by atoms with Gasteiger partial charge < -0.3 is 19.9 Å². The van der Waals surface area contributed by atoms with Gasteiger partial charge in [-0.05, 0) is 51.3 Å². The number of piperidine rings is 1. The highest BCUT2D eigenvalue weighted by Crippen LogP contribution is 2.45. The van der Waals surface area contributed by atoms with Crippen LogP contribution in [0.3, 0.4) is 0 Å². The van der Waals surface area contributed by atoms with Crippen molar-refractivity contribution in [3.8, 4) is 0 Å². The number of benzene rings is 1. The molecule has 1 amide bonds. The highest BCUT2D eigenvalue weighted by Gasteiger charge is 2.42. The molecule has 0 bridgehead atoms. The van der Waals surface area contributed by atoms with E-state index in [2.05, 4.69) is 15.2 Å². The SMILES string of the molecule is CCOC(=O)C1=C(C)N=C2SC=C(CC(=O)NCCN3CCCCC3)N2[C@@H]1c1ccccc1F. The summed E-state index contributed by atoms with van der Waals surface area (Å²) in [5, 5.41) is 5.49. The maximum absolute atomic E-state index is 15.0. The number of fused-ring (bicyclic) bond motifs is 1. The monoisotopic (exact) mass is 486 g/mol. The summed E-state index contributed by atoms with van der Waals surface area (Å²) in [5.41, 5.74) is 1.80. The smallest absolute Gasteiger partial charge is 0.338 e. The summed E-state index contributed by atoms with van der Waals surface area (Å²) >= 11 is 1.38. The molecule has 0 aromatic heterocycles. The third-order valence-corrected chi connectivity index (χ3v) is 7.13. The van der Waals surface area contributed by atoms with E-state index in [4.69, 9.17) is 4.74 Å². The number of amides is 1. The quantitative estimate of drug-likeness (QED) is 0.561. The second kappa shape index (κ2) is 11.2. The van der Waals surface area contributed by atoms with Crippen molar-refractivity contribution in [2.75, 3.05) is 32.8 Å². The summed E-state index contributed by atoms with van der Waals surface area (Å²) in [6, 6.07) is 5.63. The third-order valence-electron chi connectivity index (χ3n) is 6.24. The van der Waals surface area contributed by atoms with Gasteiger partial charge in [-0.25, -0.2) is 14.2 Å². The number of thioether (sulfide) groups is 1. The Balaban J connectivity index is 1.53. The van der Waals surface area contributed by atoms with Crippen LogP contribution in [0.15, 0.2) is 51.6 Å². The average molecular weight is 487 g/mol. The first-order valence-corrected chi connectivity index (χ1v) is 12.7. The summed E-state index contributed by atoms with van der Waals surface area (Å²) in [7, 11) is 0. The largest absolute Gasteiger partial charge is 0.463 e. The van der Waals surface area contributed by atoms with Crippen LogP contribution in [0.4, 0.5) is 4.39 Å². The van der Waals surface area contributed by atoms with Crippen LogP contribution >= 0.6 is 11.8 Å². The number of amidine groups is 1. The van der Waals surface area contributed by atoms with Crippen LogP contribution in [0.2, 0.25) is 0 Å². The predicted octanol–water partition coefficient (Wildman–Crippen LogP) is 3.96. The van der Waals surface area contributed by atoms with Gasteiger partial charge in [0, 0.05) is 24.4 Å². The second-order valence-corrected chi connectivity index (χ2v) is 9.40. The van der Waals surface area contributed by atoms with Gasteiger partial charge in [0.2, 0.25) is 5.91 Å². The van der Waals surface area contributed by atoms with Crippen LogP contribution in [-0.2, 0) is 14.3 Å². The minimum absolute atomic E-state index is 0.110. The molecule has 7 nitrogen and oxygen atoms in total. The molecule has 3 aliphatic heterocycles. The van der Waals surface area contributed by atoms with Crippen LogP contribution in [-0.4, -0.2) is 59.6 Å². The maximum Gasteiger partial charge on any atom is 0.338 e. The van der Waals surface area contributed by atoms with Gasteiger partial charge in [0.1, 0.15) is 5.82 Å². The van der Waals surface area contributed by atoms with Crippen LogP contribution in [0.25, 0.3) is 0 Å². The van der Waals surface area contributed by atoms with Crippen molar-refractivity contribution in [2.24, 2.45) is 4.99 Å². The molecule has 34 heavy (non-hydrogen) atoms. The summed E-state index contributed by atoms with van der Waals surface area (Å²) in [5.74, 6) is -1.06. The zero-order chi connectivity index (χ0) is 24.1. The molecule has 9 heteroatoms. The van der Waals surface area contributed by atoms with Crippen molar-refractivity contribution in [2.45, 2.75) is 45.6 Å². The Bertz CT molecular complexity index is 1030. The molecule has 0 unspecified atom stereocenters. The molecule has 1 atom stereocenters. The fraction of sp³-hybridized carbons (Fsp3) is 0.480. The molecule has 182 valence electrons. The van der Waals surface area contributed by atoms with E-state index in [-0.39, 0.29) is 24.5 Å². The van der Waals surface area contributed by atoms with E-state index < -0.39 is 17.8 Å². The normalized spacial score (nSPS) is 20.6. The zero-order valence-electron chi connectivity index (χ0n) is 19.7. The number of ether oxygens (including phenoxy) is 1. The minimum Gasteiger partial charge on any atom is -0.463 e. The standard InChI is InChI=1S/C25H31FN4O3S/c1-3-33-24(32)22-17(2)28-25-30(23(22)19-9-5-6-10-20(19)26)18(16-34-25)15-21(31)27-11-14-29-12-7-4-8-13-29/h5-6,9-10,16,23H,3-4,7-8,11-15H2,1-2H3,(H,27,31)/t23-/m1/s1. The Labute approximate surface area is 204 Å². The highest BCUT2D eigenvalue weighted by molar-refractivity contribution is 8.16. The Morgan fingerprint density at radius 1 is 1.24 bits per heavy atom. The number of halogens is 1. The lowest BCUT2D eigenvalue weighted by atomic mass is 9.93. The number of hydrogen-bond donors (Lipinski definition) is 1. The van der Waals surface area contributed by atoms with E-state index in [1.165, 1.54) is 37.1 Å². The first kappa shape index (κ1) is 24.5. The first-order valence-electron chi connectivity index (χ1n) is 11.8. The van der Waals surface area contributed by atoms with Crippen molar-refractivity contribution < 1.29 is 18.7 Å². The summed E-state index contributed by atoms with van der Waals surface area (Å²) in [6.45, 7) is 7.25. The van der Waals surface area contributed by atoms with Gasteiger partial charge in [-0.3, -0.25) is 4.79 Å². The van der Waals surface area contributed by atoms with Crippen LogP contribution in [0.5, 0.6) is 0 Å². The Morgan fingerprint density at radius 3 is 2.74 bits per heavy atom. The lowest BCUT2D eigenvalue weighted by Crippen LogP contribution is -2.40. The van der Waals surface area contributed by atoms with Gasteiger partial charge in [-0.2, -0.15) is 0 Å². The molecule has 0 spiro atoms. The van der Waals surface area contributed by atoms with Gasteiger partial charge >= 0.3 is 5.97 Å². The summed E-state index contributed by atoms with van der Waals surface area (Å²) in [4.78, 5) is 34.4. The molecule has 1 aromatic carbocycles. The molecule has 1 aromatic rings. The molecule has 1 saturated heterocycles. The average Bonchev–Trinajstić information content (AvgIpc) is 3.21. The summed E-state index contributed by atoms with van der Waals surface area (Å²) in [6.07, 6.45) is 3.82. The van der Waals surface area contributed by atoms with E-state index in [0.717, 1.165) is 19.6 Å². The number of nitrogens with zero attached hydrogens (tertiary/aromatic N) is 3. The first-order chi connectivity index (χ1) is 16.5. The number of nitrogens with one attached hydrogen (secondary N) is 1. The number of aliphatic imine (C=N–C) groups is 1. The molecule has 4 rings (SSSR count). The van der Waals surface area contributed by atoms with Gasteiger partial charge in [0.25, 0.3) is 0 Å². The molecule has 0 saturated carbocycles. The summed E-state index contributed by atoms with van der Waals surface area (Å²) < 4.78 is 20.3. The van der Waals surface area contributed by atoms with Crippen molar-refractivity contribution in [1.29, 1.82) is 0 Å². The second-order valence-electron chi connectivity index (χ2n) is 8.56. The molecule has 1 fully saturated rings. The van der Waals surface area contributed by atoms with Crippen LogP contribution in [0.1, 0.15) is 51.1 Å². The lowest BCUT2D eigenvalue weighted by Gasteiger charge is -2.36. The van der Waals surface area contributed by atoms with Gasteiger partial charge in [0.05, 0.1) is 30.3 Å². The lowest BCUT2D eigenvalue weighted by molar-refractivity contribution is -0.139. The minimum atomic E-state index is -0.754. The van der Waals surface area contributed by atoms with Crippen molar-refractivity contribution >= 4 is 28.8 Å². The Hall–Kier alpha value is -2.65. The van der Waals surface area contributed by atoms with E-state index in [9.17, 15) is 14.0 Å². The van der Waals surface area contributed by atoms with Crippen molar-refractivity contribution in [3.05, 3.63) is 58.0 Å². The fourth-order valence-electron chi connectivity index (χ4n) is 4.59. The number of likely N-dealkylation sites (tertiary alicyclic amines) is 1. The van der Waals surface area contributed by atoms with Gasteiger partial charge in [-0.1, -0.05) is 36.4 Å². The van der Waals surface area contributed by atoms with Crippen LogP contribution in [0, 0.1) is 5.82 Å². The van der Waals surface area contributed by atoms with E-state index >= 15 is 0 Å². The molecule has 0 radical (unpaired) electrons. The molecule has 3 aliphatic rings. The zero-order valence-corrected chi connectivity index (χ0v) is 20.5. The molecular weight excluding hydrogens is 455 g/mol. The van der Waals surface area contributed by atoms with Crippen molar-refractivity contribution in [1.82, 2.24) is 15.1 Å². The van der Waals surface area contributed by atoms with E-state index in [0.29, 0.717) is 28.7 Å². The molecule has 3 heterocycles. The highest BCUT2D eigenvalue weighted by atomic mass is 32.2. The molecular formula is C25H31FN4O3S. The Kier molecular flexibility index (Phi) is 8.05. The molecule has 0 aliphatic carbocycles. The number of carbonyl (C=O) groups excluding carboxylic acids is 2.